The van der Waals surface area contributed by atoms with Crippen LogP contribution in [0, 0.1) is 5.92 Å². The molecule has 2 aliphatic rings. The lowest BCUT2D eigenvalue weighted by Gasteiger charge is -2.29. The molecule has 2 heterocycles. The molecule has 1 saturated heterocycles. The first-order chi connectivity index (χ1) is 13.8. The van der Waals surface area contributed by atoms with Gasteiger partial charge in [-0.05, 0) is 61.9 Å². The summed E-state index contributed by atoms with van der Waals surface area (Å²) in [5.41, 5.74) is 2.19. The molecule has 0 bridgehead atoms. The number of rotatable bonds is 3. The summed E-state index contributed by atoms with van der Waals surface area (Å²) >= 11 is 6.34. The molecule has 0 aromatic heterocycles. The van der Waals surface area contributed by atoms with Crippen LogP contribution in [-0.2, 0) is 16.4 Å². The van der Waals surface area contributed by atoms with E-state index in [-0.39, 0.29) is 27.4 Å². The second-order valence-corrected chi connectivity index (χ2v) is 10.4. The molecule has 0 unspecified atom stereocenters. The minimum atomic E-state index is -3.65. The van der Waals surface area contributed by atoms with Gasteiger partial charge >= 0.3 is 0 Å². The molecule has 2 aliphatic heterocycles. The molecule has 0 aliphatic carbocycles. The summed E-state index contributed by atoms with van der Waals surface area (Å²) in [6, 6.07) is 12.2. The Balaban J connectivity index is 1.68. The van der Waals surface area contributed by atoms with E-state index < -0.39 is 10.0 Å². The van der Waals surface area contributed by atoms with Crippen molar-refractivity contribution in [3.63, 3.8) is 0 Å². The number of sulfonamides is 1. The van der Waals surface area contributed by atoms with Crippen LogP contribution >= 0.6 is 11.6 Å². The summed E-state index contributed by atoms with van der Waals surface area (Å²) in [6.45, 7) is 5.14. The van der Waals surface area contributed by atoms with Gasteiger partial charge in [0.15, 0.2) is 0 Å². The van der Waals surface area contributed by atoms with Crippen molar-refractivity contribution in [2.24, 2.45) is 5.92 Å². The van der Waals surface area contributed by atoms with Crippen LogP contribution in [0.2, 0.25) is 5.02 Å². The first-order valence-corrected chi connectivity index (χ1v) is 11.8. The molecule has 154 valence electrons. The second-order valence-electron chi connectivity index (χ2n) is 8.09. The molecule has 0 spiro atoms. The maximum Gasteiger partial charge on any atom is 0.260 e. The lowest BCUT2D eigenvalue weighted by molar-refractivity contribution is 0.0981. The molecule has 2 aromatic rings. The zero-order valence-corrected chi connectivity index (χ0v) is 18.2. The van der Waals surface area contributed by atoms with E-state index in [1.165, 1.54) is 22.5 Å². The third kappa shape index (κ3) is 3.69. The third-order valence-electron chi connectivity index (χ3n) is 5.97. The number of halogens is 1. The van der Waals surface area contributed by atoms with E-state index in [0.717, 1.165) is 30.5 Å². The second kappa shape index (κ2) is 7.74. The van der Waals surface area contributed by atoms with E-state index in [9.17, 15) is 13.2 Å². The Morgan fingerprint density at radius 2 is 1.76 bits per heavy atom. The Hall–Kier alpha value is -1.89. The van der Waals surface area contributed by atoms with E-state index in [2.05, 4.69) is 6.92 Å². The van der Waals surface area contributed by atoms with Crippen molar-refractivity contribution in [3.05, 3.63) is 58.6 Å². The molecule has 0 saturated carbocycles. The van der Waals surface area contributed by atoms with Crippen molar-refractivity contribution in [1.29, 1.82) is 0 Å². The van der Waals surface area contributed by atoms with Gasteiger partial charge in [-0.15, -0.1) is 0 Å². The van der Waals surface area contributed by atoms with Crippen LogP contribution in [0.15, 0.2) is 47.4 Å². The third-order valence-corrected chi connectivity index (χ3v) is 8.20. The Bertz CT molecular complexity index is 1050. The number of carbonyl (C=O) groups is 1. The summed E-state index contributed by atoms with van der Waals surface area (Å²) in [7, 11) is -3.65. The molecule has 1 atom stereocenters. The van der Waals surface area contributed by atoms with Crippen molar-refractivity contribution in [2.45, 2.75) is 44.0 Å². The van der Waals surface area contributed by atoms with Crippen molar-refractivity contribution >= 4 is 33.2 Å². The van der Waals surface area contributed by atoms with Gasteiger partial charge < -0.3 is 4.90 Å². The number of hydrogen-bond donors (Lipinski definition) is 0. The van der Waals surface area contributed by atoms with E-state index in [1.54, 1.807) is 4.90 Å². The van der Waals surface area contributed by atoms with Gasteiger partial charge in [-0.3, -0.25) is 4.79 Å². The van der Waals surface area contributed by atoms with E-state index >= 15 is 0 Å². The van der Waals surface area contributed by atoms with Crippen LogP contribution in [0.4, 0.5) is 5.69 Å². The maximum atomic E-state index is 13.4. The molecule has 0 N–H and O–H groups in total. The highest BCUT2D eigenvalue weighted by Gasteiger charge is 2.34. The zero-order valence-electron chi connectivity index (χ0n) is 16.6. The molecular weight excluding hydrogens is 408 g/mol. The number of benzene rings is 2. The van der Waals surface area contributed by atoms with Crippen LogP contribution in [0.3, 0.4) is 0 Å². The predicted molar refractivity (Wildman–Crippen MR) is 115 cm³/mol. The van der Waals surface area contributed by atoms with Crippen LogP contribution in [0.25, 0.3) is 0 Å². The van der Waals surface area contributed by atoms with E-state index in [0.29, 0.717) is 19.0 Å². The fraction of sp³-hybridized carbons (Fsp3) is 0.409. The van der Waals surface area contributed by atoms with Crippen LogP contribution in [-0.4, -0.2) is 37.8 Å². The summed E-state index contributed by atoms with van der Waals surface area (Å²) in [5, 5.41) is 0.262. The number of nitrogens with zero attached hydrogens (tertiary/aromatic N) is 2. The number of hydrogen-bond acceptors (Lipinski definition) is 3. The molecule has 1 amide bonds. The highest BCUT2D eigenvalue weighted by molar-refractivity contribution is 7.89. The average Bonchev–Trinajstić information content (AvgIpc) is 3.03. The van der Waals surface area contributed by atoms with Crippen molar-refractivity contribution in [2.75, 3.05) is 18.0 Å². The minimum Gasteiger partial charge on any atom is -0.305 e. The average molecular weight is 433 g/mol. The number of amides is 1. The number of anilines is 1. The minimum absolute atomic E-state index is 0.0141. The number of fused-ring (bicyclic) bond motifs is 1. The Morgan fingerprint density at radius 3 is 2.48 bits per heavy atom. The first-order valence-electron chi connectivity index (χ1n) is 10.00. The van der Waals surface area contributed by atoms with Gasteiger partial charge in [0.05, 0.1) is 15.5 Å². The largest absolute Gasteiger partial charge is 0.305 e. The van der Waals surface area contributed by atoms with Crippen LogP contribution in [0.1, 0.15) is 42.6 Å². The quantitative estimate of drug-likeness (QED) is 0.724. The van der Waals surface area contributed by atoms with Crippen molar-refractivity contribution in [3.8, 4) is 0 Å². The molecule has 7 heteroatoms. The summed E-state index contributed by atoms with van der Waals surface area (Å²) in [4.78, 5) is 15.2. The molecule has 4 rings (SSSR count). The molecule has 1 fully saturated rings. The van der Waals surface area contributed by atoms with Gasteiger partial charge in [0, 0.05) is 24.8 Å². The fourth-order valence-corrected chi connectivity index (χ4v) is 5.90. The molecule has 29 heavy (non-hydrogen) atoms. The Labute approximate surface area is 177 Å². The molecule has 5 nitrogen and oxygen atoms in total. The van der Waals surface area contributed by atoms with E-state index in [4.69, 9.17) is 11.6 Å². The summed E-state index contributed by atoms with van der Waals surface area (Å²) in [6.07, 6.45) is 2.46. The van der Waals surface area contributed by atoms with Gasteiger partial charge in [-0.2, -0.15) is 4.31 Å². The smallest absolute Gasteiger partial charge is 0.260 e. The van der Waals surface area contributed by atoms with E-state index in [1.807, 2.05) is 31.2 Å². The van der Waals surface area contributed by atoms with Crippen LogP contribution in [0.5, 0.6) is 0 Å². The fourth-order valence-electron chi connectivity index (χ4n) is 4.21. The van der Waals surface area contributed by atoms with Gasteiger partial charge in [0.1, 0.15) is 0 Å². The van der Waals surface area contributed by atoms with Crippen molar-refractivity contribution in [1.82, 2.24) is 4.31 Å². The molecule has 2 aromatic carbocycles. The predicted octanol–water partition coefficient (Wildman–Crippen LogP) is 4.35. The van der Waals surface area contributed by atoms with Crippen molar-refractivity contribution < 1.29 is 13.2 Å². The highest BCUT2D eigenvalue weighted by atomic mass is 35.5. The topological polar surface area (TPSA) is 57.7 Å². The normalized spacial score (nSPS) is 20.7. The highest BCUT2D eigenvalue weighted by Crippen LogP contribution is 2.35. The summed E-state index contributed by atoms with van der Waals surface area (Å²) in [5.74, 6) is 0.261. The first kappa shape index (κ1) is 20.4. The number of para-hydroxylation sites is 1. The lowest BCUT2D eigenvalue weighted by Crippen LogP contribution is -2.38. The number of piperidine rings is 1. The SMILES string of the molecule is CC1CCN(S(=O)(=O)c2ccc(Cl)c(C(=O)N3c4ccccc4C[C@@H]3C)c2)CC1. The standard InChI is InChI=1S/C22H25ClN2O3S/c1-15-9-11-24(12-10-15)29(27,28)18-7-8-20(23)19(14-18)22(26)25-16(2)13-17-5-3-4-6-21(17)25/h3-8,14-16H,9-13H2,1-2H3/t16-/m0/s1. The Morgan fingerprint density at radius 1 is 1.07 bits per heavy atom. The van der Waals surface area contributed by atoms with Gasteiger partial charge in [-0.25, -0.2) is 8.42 Å². The van der Waals surface area contributed by atoms with Gasteiger partial charge in [0.25, 0.3) is 5.91 Å². The summed E-state index contributed by atoms with van der Waals surface area (Å²) < 4.78 is 27.8. The zero-order chi connectivity index (χ0) is 20.8. The van der Waals surface area contributed by atoms with Gasteiger partial charge in [0.2, 0.25) is 10.0 Å². The maximum absolute atomic E-state index is 13.4. The lowest BCUT2D eigenvalue weighted by atomic mass is 10.0. The number of carbonyl (C=O) groups excluding carboxylic acids is 1. The van der Waals surface area contributed by atoms with Crippen LogP contribution < -0.4 is 4.90 Å². The molecular formula is C22H25ClN2O3S. The molecule has 0 radical (unpaired) electrons. The Kier molecular flexibility index (Phi) is 5.44. The van der Waals surface area contributed by atoms with Gasteiger partial charge in [-0.1, -0.05) is 36.7 Å². The monoisotopic (exact) mass is 432 g/mol.